The van der Waals surface area contributed by atoms with E-state index in [-0.39, 0.29) is 23.7 Å². The lowest BCUT2D eigenvalue weighted by atomic mass is 9.95. The Bertz CT molecular complexity index is 777. The highest BCUT2D eigenvalue weighted by Crippen LogP contribution is 2.34. The Labute approximate surface area is 139 Å². The molecule has 0 spiro atoms. The van der Waals surface area contributed by atoms with Crippen LogP contribution in [-0.4, -0.2) is 23.6 Å². The maximum absolute atomic E-state index is 13.1. The minimum Gasteiger partial charge on any atom is -0.373 e. The Hall–Kier alpha value is -2.65. The number of benzene rings is 1. The summed E-state index contributed by atoms with van der Waals surface area (Å²) in [6.07, 6.45) is 2.31. The van der Waals surface area contributed by atoms with Crippen molar-refractivity contribution in [2.75, 3.05) is 13.2 Å². The molecular weight excluding hydrogens is 309 g/mol. The highest BCUT2D eigenvalue weighted by molar-refractivity contribution is 5.93. The first-order valence-electron chi connectivity index (χ1n) is 7.80. The lowest BCUT2D eigenvalue weighted by Crippen LogP contribution is -2.31. The molecule has 2 atom stereocenters. The molecule has 1 aromatic carbocycles. The second-order valence-electron chi connectivity index (χ2n) is 5.94. The molecule has 0 bridgehead atoms. The third-order valence-corrected chi connectivity index (χ3v) is 4.30. The first kappa shape index (κ1) is 16.2. The average Bonchev–Trinajstić information content (AvgIpc) is 3.19. The van der Waals surface area contributed by atoms with E-state index in [1.165, 1.54) is 12.1 Å². The number of amides is 1. The molecule has 1 fully saturated rings. The van der Waals surface area contributed by atoms with E-state index in [2.05, 4.69) is 5.32 Å². The third kappa shape index (κ3) is 3.31. The zero-order valence-corrected chi connectivity index (χ0v) is 13.3. The summed E-state index contributed by atoms with van der Waals surface area (Å²) in [6.45, 7) is 1.08. The fourth-order valence-corrected chi connectivity index (χ4v) is 3.03. The van der Waals surface area contributed by atoms with Crippen LogP contribution in [0.15, 0.2) is 36.5 Å². The molecule has 1 amide bonds. The smallest absolute Gasteiger partial charge is 0.267 e. The summed E-state index contributed by atoms with van der Waals surface area (Å²) >= 11 is 0. The lowest BCUT2D eigenvalue weighted by Gasteiger charge is -2.19. The van der Waals surface area contributed by atoms with E-state index >= 15 is 0 Å². The molecule has 24 heavy (non-hydrogen) atoms. The number of hydrogen-bond donors (Lipinski definition) is 1. The zero-order chi connectivity index (χ0) is 17.1. The Morgan fingerprint density at radius 2 is 2.21 bits per heavy atom. The highest BCUT2D eigenvalue weighted by atomic mass is 19.1. The van der Waals surface area contributed by atoms with Crippen molar-refractivity contribution >= 4 is 5.91 Å². The number of nitriles is 1. The highest BCUT2D eigenvalue weighted by Gasteiger charge is 2.30. The first-order valence-corrected chi connectivity index (χ1v) is 7.80. The van der Waals surface area contributed by atoms with Crippen molar-refractivity contribution in [3.05, 3.63) is 59.2 Å². The maximum atomic E-state index is 13.1. The number of aryl methyl sites for hydroxylation is 1. The SMILES string of the molecule is Cn1cc(C#N)cc1C(=O)NC[C@@H]1CCO[C@H]1c1ccc(F)cc1. The van der Waals surface area contributed by atoms with Gasteiger partial charge < -0.3 is 14.6 Å². The van der Waals surface area contributed by atoms with Gasteiger partial charge in [0.15, 0.2) is 0 Å². The van der Waals surface area contributed by atoms with Crippen LogP contribution in [0.4, 0.5) is 4.39 Å². The van der Waals surface area contributed by atoms with Gasteiger partial charge in [-0.3, -0.25) is 4.79 Å². The van der Waals surface area contributed by atoms with Gasteiger partial charge in [-0.1, -0.05) is 12.1 Å². The van der Waals surface area contributed by atoms with Crippen LogP contribution in [0, 0.1) is 23.1 Å². The molecule has 2 aromatic rings. The van der Waals surface area contributed by atoms with Crippen LogP contribution in [-0.2, 0) is 11.8 Å². The summed E-state index contributed by atoms with van der Waals surface area (Å²) in [7, 11) is 1.73. The molecule has 1 aliphatic heterocycles. The molecule has 5 nitrogen and oxygen atoms in total. The molecule has 2 heterocycles. The Kier molecular flexibility index (Phi) is 4.63. The van der Waals surface area contributed by atoms with Gasteiger partial charge in [0.05, 0.1) is 11.7 Å². The van der Waals surface area contributed by atoms with Gasteiger partial charge >= 0.3 is 0 Å². The number of rotatable bonds is 4. The van der Waals surface area contributed by atoms with Gasteiger partial charge in [-0.2, -0.15) is 5.26 Å². The van der Waals surface area contributed by atoms with Gasteiger partial charge in [-0.05, 0) is 30.2 Å². The molecule has 3 rings (SSSR count). The number of carbonyl (C=O) groups excluding carboxylic acids is 1. The molecule has 1 saturated heterocycles. The number of ether oxygens (including phenoxy) is 1. The van der Waals surface area contributed by atoms with Crippen molar-refractivity contribution in [3.63, 3.8) is 0 Å². The van der Waals surface area contributed by atoms with E-state index in [1.807, 2.05) is 6.07 Å². The molecule has 0 radical (unpaired) electrons. The van der Waals surface area contributed by atoms with Crippen molar-refractivity contribution in [1.29, 1.82) is 5.26 Å². The summed E-state index contributed by atoms with van der Waals surface area (Å²) in [5.74, 6) is -0.363. The van der Waals surface area contributed by atoms with Gasteiger partial charge in [-0.15, -0.1) is 0 Å². The van der Waals surface area contributed by atoms with Crippen LogP contribution in [0.2, 0.25) is 0 Å². The van der Waals surface area contributed by atoms with Crippen molar-refractivity contribution in [3.8, 4) is 6.07 Å². The number of nitrogens with zero attached hydrogens (tertiary/aromatic N) is 2. The Morgan fingerprint density at radius 1 is 1.46 bits per heavy atom. The van der Waals surface area contributed by atoms with E-state index in [0.717, 1.165) is 12.0 Å². The summed E-state index contributed by atoms with van der Waals surface area (Å²) < 4.78 is 20.4. The predicted octanol–water partition coefficient (Wildman–Crippen LogP) is 2.54. The van der Waals surface area contributed by atoms with Crippen LogP contribution in [0.5, 0.6) is 0 Å². The van der Waals surface area contributed by atoms with E-state index < -0.39 is 0 Å². The maximum Gasteiger partial charge on any atom is 0.267 e. The van der Waals surface area contributed by atoms with Crippen molar-refractivity contribution in [2.45, 2.75) is 12.5 Å². The second kappa shape index (κ2) is 6.85. The number of halogens is 1. The quantitative estimate of drug-likeness (QED) is 0.938. The van der Waals surface area contributed by atoms with Crippen LogP contribution >= 0.6 is 0 Å². The molecule has 0 saturated carbocycles. The van der Waals surface area contributed by atoms with Gasteiger partial charge in [-0.25, -0.2) is 4.39 Å². The minimum atomic E-state index is -0.279. The predicted molar refractivity (Wildman–Crippen MR) is 85.7 cm³/mol. The van der Waals surface area contributed by atoms with Crippen LogP contribution < -0.4 is 5.32 Å². The summed E-state index contributed by atoms with van der Waals surface area (Å²) in [6, 6.07) is 9.86. The normalized spacial score (nSPS) is 19.9. The fourth-order valence-electron chi connectivity index (χ4n) is 3.03. The molecule has 0 aliphatic carbocycles. The van der Waals surface area contributed by atoms with Crippen molar-refractivity contribution < 1.29 is 13.9 Å². The molecule has 1 N–H and O–H groups in total. The Balaban J connectivity index is 1.65. The summed E-state index contributed by atoms with van der Waals surface area (Å²) in [5.41, 5.74) is 1.82. The van der Waals surface area contributed by atoms with Crippen LogP contribution in [0.25, 0.3) is 0 Å². The zero-order valence-electron chi connectivity index (χ0n) is 13.3. The minimum absolute atomic E-state index is 0.134. The first-order chi connectivity index (χ1) is 11.6. The van der Waals surface area contributed by atoms with E-state index in [4.69, 9.17) is 10.00 Å². The molecule has 6 heteroatoms. The topological polar surface area (TPSA) is 67.0 Å². The van der Waals surface area contributed by atoms with E-state index in [1.54, 1.807) is 36.0 Å². The van der Waals surface area contributed by atoms with E-state index in [9.17, 15) is 9.18 Å². The Morgan fingerprint density at radius 3 is 2.88 bits per heavy atom. The number of carbonyl (C=O) groups is 1. The van der Waals surface area contributed by atoms with E-state index in [0.29, 0.717) is 24.4 Å². The van der Waals surface area contributed by atoms with Crippen LogP contribution in [0.1, 0.15) is 34.1 Å². The van der Waals surface area contributed by atoms with Gasteiger partial charge in [0.1, 0.15) is 17.6 Å². The van der Waals surface area contributed by atoms with Gasteiger partial charge in [0.25, 0.3) is 5.91 Å². The van der Waals surface area contributed by atoms with Gasteiger partial charge in [0, 0.05) is 32.3 Å². The fraction of sp³-hybridized carbons (Fsp3) is 0.333. The van der Waals surface area contributed by atoms with Crippen molar-refractivity contribution in [1.82, 2.24) is 9.88 Å². The van der Waals surface area contributed by atoms with Gasteiger partial charge in [0.2, 0.25) is 0 Å². The number of aromatic nitrogens is 1. The molecule has 1 aliphatic rings. The second-order valence-corrected chi connectivity index (χ2v) is 5.94. The standard InChI is InChI=1S/C18H18FN3O2/c1-22-11-12(9-20)8-16(22)18(23)21-10-14-6-7-24-17(14)13-2-4-15(19)5-3-13/h2-5,8,11,14,17H,6-7,10H2,1H3,(H,21,23)/t14-,17-/m0/s1. The molecule has 124 valence electrons. The third-order valence-electron chi connectivity index (χ3n) is 4.30. The van der Waals surface area contributed by atoms with Crippen LogP contribution in [0.3, 0.4) is 0 Å². The summed E-state index contributed by atoms with van der Waals surface area (Å²) in [5, 5.41) is 11.8. The average molecular weight is 327 g/mol. The molecular formula is C18H18FN3O2. The number of nitrogens with one attached hydrogen (secondary N) is 1. The monoisotopic (exact) mass is 327 g/mol. The largest absolute Gasteiger partial charge is 0.373 e. The summed E-state index contributed by atoms with van der Waals surface area (Å²) in [4.78, 5) is 12.3. The van der Waals surface area contributed by atoms with Crippen molar-refractivity contribution in [2.24, 2.45) is 13.0 Å². The number of hydrogen-bond acceptors (Lipinski definition) is 3. The lowest BCUT2D eigenvalue weighted by molar-refractivity contribution is 0.0842. The molecule has 1 aromatic heterocycles. The molecule has 0 unspecified atom stereocenters.